The van der Waals surface area contributed by atoms with E-state index in [1.807, 2.05) is 25.1 Å². The summed E-state index contributed by atoms with van der Waals surface area (Å²) in [5, 5.41) is 3.42. The number of nitrogens with zero attached hydrogens (tertiary/aromatic N) is 1. The molecular formula is C17H16BrClN2O2. The minimum absolute atomic E-state index is 0.0694. The van der Waals surface area contributed by atoms with Crippen molar-refractivity contribution >= 4 is 50.7 Å². The van der Waals surface area contributed by atoms with Gasteiger partial charge in [0.25, 0.3) is 0 Å². The molecule has 2 aromatic rings. The van der Waals surface area contributed by atoms with Gasteiger partial charge in [-0.15, -0.1) is 0 Å². The van der Waals surface area contributed by atoms with Crippen LogP contribution in [0.3, 0.4) is 0 Å². The first-order chi connectivity index (χ1) is 10.9. The number of carbonyl (C=O) groups excluding carboxylic acids is 2. The van der Waals surface area contributed by atoms with Crippen molar-refractivity contribution in [3.63, 3.8) is 0 Å². The van der Waals surface area contributed by atoms with Gasteiger partial charge < -0.3 is 10.2 Å². The summed E-state index contributed by atoms with van der Waals surface area (Å²) in [6.45, 7) is 3.22. The van der Waals surface area contributed by atoms with Gasteiger partial charge >= 0.3 is 0 Å². The number of halogens is 2. The van der Waals surface area contributed by atoms with Crippen LogP contribution in [0.2, 0.25) is 5.02 Å². The molecule has 0 aliphatic rings. The number of benzene rings is 2. The topological polar surface area (TPSA) is 49.4 Å². The monoisotopic (exact) mass is 394 g/mol. The van der Waals surface area contributed by atoms with E-state index in [4.69, 9.17) is 11.6 Å². The summed E-state index contributed by atoms with van der Waals surface area (Å²) in [4.78, 5) is 25.6. The molecule has 0 unspecified atom stereocenters. The van der Waals surface area contributed by atoms with Crippen molar-refractivity contribution in [2.75, 3.05) is 16.8 Å². The predicted molar refractivity (Wildman–Crippen MR) is 97.0 cm³/mol. The van der Waals surface area contributed by atoms with Gasteiger partial charge in [0.1, 0.15) is 6.54 Å². The maximum Gasteiger partial charge on any atom is 0.244 e. The van der Waals surface area contributed by atoms with E-state index < -0.39 is 0 Å². The van der Waals surface area contributed by atoms with E-state index in [2.05, 4.69) is 21.2 Å². The van der Waals surface area contributed by atoms with Gasteiger partial charge in [-0.25, -0.2) is 0 Å². The molecular weight excluding hydrogens is 380 g/mol. The fraction of sp³-hybridized carbons (Fsp3) is 0.176. The molecule has 0 saturated heterocycles. The fourth-order valence-corrected chi connectivity index (χ4v) is 2.86. The Morgan fingerprint density at radius 2 is 1.91 bits per heavy atom. The molecule has 0 aliphatic heterocycles. The van der Waals surface area contributed by atoms with E-state index in [-0.39, 0.29) is 18.4 Å². The van der Waals surface area contributed by atoms with Gasteiger partial charge in [0.15, 0.2) is 0 Å². The van der Waals surface area contributed by atoms with Crippen molar-refractivity contribution in [1.82, 2.24) is 0 Å². The highest BCUT2D eigenvalue weighted by molar-refractivity contribution is 9.10. The van der Waals surface area contributed by atoms with Crippen molar-refractivity contribution in [3.05, 3.63) is 57.5 Å². The van der Waals surface area contributed by atoms with Gasteiger partial charge in [-0.1, -0.05) is 23.7 Å². The molecule has 0 aromatic heterocycles. The van der Waals surface area contributed by atoms with E-state index in [9.17, 15) is 9.59 Å². The molecule has 0 spiro atoms. The van der Waals surface area contributed by atoms with Gasteiger partial charge in [-0.05, 0) is 58.7 Å². The number of hydrogen-bond donors (Lipinski definition) is 1. The number of rotatable bonds is 4. The first-order valence-corrected chi connectivity index (χ1v) is 8.14. The van der Waals surface area contributed by atoms with Crippen LogP contribution in [0.1, 0.15) is 12.5 Å². The highest BCUT2D eigenvalue weighted by atomic mass is 79.9. The van der Waals surface area contributed by atoms with E-state index in [1.165, 1.54) is 11.8 Å². The van der Waals surface area contributed by atoms with Crippen molar-refractivity contribution in [2.45, 2.75) is 13.8 Å². The molecule has 0 fully saturated rings. The summed E-state index contributed by atoms with van der Waals surface area (Å²) < 4.78 is 0.755. The van der Waals surface area contributed by atoms with Gasteiger partial charge in [0.2, 0.25) is 11.8 Å². The minimum atomic E-state index is -0.277. The van der Waals surface area contributed by atoms with Crippen LogP contribution in [0.25, 0.3) is 0 Å². The summed E-state index contributed by atoms with van der Waals surface area (Å²) in [7, 11) is 0. The molecule has 0 bridgehead atoms. The Balaban J connectivity index is 2.16. The van der Waals surface area contributed by atoms with Crippen LogP contribution < -0.4 is 10.2 Å². The van der Waals surface area contributed by atoms with Crippen LogP contribution in [0.4, 0.5) is 11.4 Å². The lowest BCUT2D eigenvalue weighted by atomic mass is 10.2. The molecule has 2 rings (SSSR count). The van der Waals surface area contributed by atoms with Crippen molar-refractivity contribution < 1.29 is 9.59 Å². The highest BCUT2D eigenvalue weighted by Gasteiger charge is 2.18. The summed E-state index contributed by atoms with van der Waals surface area (Å²) >= 11 is 9.31. The summed E-state index contributed by atoms with van der Waals surface area (Å²) in [6, 6.07) is 12.5. The molecule has 4 nitrogen and oxygen atoms in total. The van der Waals surface area contributed by atoms with Gasteiger partial charge in [0.05, 0.1) is 5.69 Å². The quantitative estimate of drug-likeness (QED) is 0.834. The fourth-order valence-electron chi connectivity index (χ4n) is 2.14. The largest absolute Gasteiger partial charge is 0.324 e. The molecule has 120 valence electrons. The lowest BCUT2D eigenvalue weighted by Crippen LogP contribution is -2.37. The second kappa shape index (κ2) is 7.62. The molecule has 0 aliphatic carbocycles. The van der Waals surface area contributed by atoms with E-state index in [1.54, 1.807) is 24.3 Å². The Bertz CT molecular complexity index is 749. The van der Waals surface area contributed by atoms with Crippen molar-refractivity contribution in [3.8, 4) is 0 Å². The van der Waals surface area contributed by atoms with E-state index >= 15 is 0 Å². The van der Waals surface area contributed by atoms with Crippen molar-refractivity contribution in [1.29, 1.82) is 0 Å². The molecule has 23 heavy (non-hydrogen) atoms. The van der Waals surface area contributed by atoms with Crippen LogP contribution in [0.5, 0.6) is 0 Å². The van der Waals surface area contributed by atoms with Crippen LogP contribution >= 0.6 is 27.5 Å². The average molecular weight is 396 g/mol. The van der Waals surface area contributed by atoms with E-state index in [0.717, 1.165) is 10.0 Å². The molecule has 0 heterocycles. The summed E-state index contributed by atoms with van der Waals surface area (Å²) in [5.41, 5.74) is 2.19. The Labute approximate surface area is 148 Å². The summed E-state index contributed by atoms with van der Waals surface area (Å²) in [5.74, 6) is -0.485. The smallest absolute Gasteiger partial charge is 0.244 e. The number of aryl methyl sites for hydroxylation is 1. The molecule has 0 radical (unpaired) electrons. The molecule has 0 saturated carbocycles. The predicted octanol–water partition coefficient (Wildman–Crippen LogP) is 4.40. The Hall–Kier alpha value is -1.85. The SMILES string of the molecule is CC(=O)N(CC(=O)Nc1ccc(Cl)cc1C)c1ccccc1Br. The lowest BCUT2D eigenvalue weighted by molar-refractivity contribution is -0.120. The second-order valence-electron chi connectivity index (χ2n) is 5.06. The average Bonchev–Trinajstić information content (AvgIpc) is 2.48. The maximum absolute atomic E-state index is 12.3. The first kappa shape index (κ1) is 17.5. The third-order valence-electron chi connectivity index (χ3n) is 3.29. The molecule has 2 amide bonds. The normalized spacial score (nSPS) is 10.3. The van der Waals surface area contributed by atoms with Gasteiger partial charge in [0, 0.05) is 22.1 Å². The standard InChI is InChI=1S/C17H16BrClN2O2/c1-11-9-13(19)7-8-15(11)20-17(23)10-21(12(2)22)16-6-4-3-5-14(16)18/h3-9H,10H2,1-2H3,(H,20,23). The zero-order valence-electron chi connectivity index (χ0n) is 12.8. The third kappa shape index (κ3) is 4.56. The number of hydrogen-bond acceptors (Lipinski definition) is 2. The maximum atomic E-state index is 12.3. The van der Waals surface area contributed by atoms with Crippen LogP contribution in [-0.2, 0) is 9.59 Å². The Morgan fingerprint density at radius 3 is 2.52 bits per heavy atom. The second-order valence-corrected chi connectivity index (χ2v) is 6.35. The first-order valence-electron chi connectivity index (χ1n) is 6.97. The molecule has 1 N–H and O–H groups in total. The number of carbonyl (C=O) groups is 2. The number of para-hydroxylation sites is 1. The van der Waals surface area contributed by atoms with Crippen LogP contribution in [0, 0.1) is 6.92 Å². The number of nitrogens with one attached hydrogen (secondary N) is 1. The minimum Gasteiger partial charge on any atom is -0.324 e. The Kier molecular flexibility index (Phi) is 5.80. The van der Waals surface area contributed by atoms with Crippen LogP contribution in [-0.4, -0.2) is 18.4 Å². The molecule has 0 atom stereocenters. The lowest BCUT2D eigenvalue weighted by Gasteiger charge is -2.22. The zero-order valence-corrected chi connectivity index (χ0v) is 15.1. The zero-order chi connectivity index (χ0) is 17.0. The van der Waals surface area contributed by atoms with Gasteiger partial charge in [-0.2, -0.15) is 0 Å². The highest BCUT2D eigenvalue weighted by Crippen LogP contribution is 2.26. The van der Waals surface area contributed by atoms with Crippen molar-refractivity contribution in [2.24, 2.45) is 0 Å². The molecule has 2 aromatic carbocycles. The number of anilines is 2. The molecule has 6 heteroatoms. The van der Waals surface area contributed by atoms with Gasteiger partial charge in [-0.3, -0.25) is 9.59 Å². The third-order valence-corrected chi connectivity index (χ3v) is 4.19. The van der Waals surface area contributed by atoms with Crippen LogP contribution in [0.15, 0.2) is 46.9 Å². The summed E-state index contributed by atoms with van der Waals surface area (Å²) in [6.07, 6.45) is 0. The number of amides is 2. The Morgan fingerprint density at radius 1 is 1.22 bits per heavy atom. The van der Waals surface area contributed by atoms with E-state index in [0.29, 0.717) is 16.4 Å².